The first-order valence-corrected chi connectivity index (χ1v) is 4.80. The third kappa shape index (κ3) is 2.49. The normalized spacial score (nSPS) is 9.57. The maximum Gasteiger partial charge on any atom is 0.124 e. The highest BCUT2D eigenvalue weighted by Gasteiger charge is 2.01. The van der Waals surface area contributed by atoms with Gasteiger partial charge in [-0.1, -0.05) is 6.07 Å². The molecule has 0 radical (unpaired) electrons. The van der Waals surface area contributed by atoms with Gasteiger partial charge in [0.05, 0.1) is 0 Å². The molecule has 0 aliphatic rings. The van der Waals surface area contributed by atoms with Crippen LogP contribution in [0.4, 0.5) is 11.4 Å². The lowest BCUT2D eigenvalue weighted by molar-refractivity contribution is -0.107. The van der Waals surface area contributed by atoms with E-state index in [0.717, 1.165) is 29.8 Å². The molecule has 0 aromatic heterocycles. The summed E-state index contributed by atoms with van der Waals surface area (Å²) >= 11 is 0. The van der Waals surface area contributed by atoms with Crippen LogP contribution in [0.25, 0.3) is 0 Å². The molecule has 14 heavy (non-hydrogen) atoms. The molecule has 1 aromatic carbocycles. The number of hydrogen-bond donors (Lipinski definition) is 2. The van der Waals surface area contributed by atoms with Crippen molar-refractivity contribution in [1.29, 1.82) is 0 Å². The topological polar surface area (TPSA) is 41.1 Å². The lowest BCUT2D eigenvalue weighted by Gasteiger charge is -2.10. The van der Waals surface area contributed by atoms with Crippen molar-refractivity contribution in [3.05, 3.63) is 23.8 Å². The van der Waals surface area contributed by atoms with Crippen LogP contribution in [0.15, 0.2) is 18.2 Å². The molecule has 0 saturated carbocycles. The molecule has 0 amide bonds. The molecule has 76 valence electrons. The molecule has 0 fully saturated rings. The lowest BCUT2D eigenvalue weighted by Crippen LogP contribution is -2.00. The van der Waals surface area contributed by atoms with Gasteiger partial charge in [0.2, 0.25) is 0 Å². The Morgan fingerprint density at radius 2 is 2.21 bits per heavy atom. The maximum absolute atomic E-state index is 10.4. The van der Waals surface area contributed by atoms with Crippen molar-refractivity contribution < 1.29 is 4.79 Å². The van der Waals surface area contributed by atoms with Crippen molar-refractivity contribution in [3.63, 3.8) is 0 Å². The molecule has 0 aliphatic heterocycles. The monoisotopic (exact) mass is 192 g/mol. The Morgan fingerprint density at radius 3 is 2.79 bits per heavy atom. The zero-order valence-electron chi connectivity index (χ0n) is 8.63. The van der Waals surface area contributed by atoms with Crippen LogP contribution in [-0.4, -0.2) is 19.9 Å². The van der Waals surface area contributed by atoms with E-state index in [1.165, 1.54) is 0 Å². The molecule has 1 rings (SSSR count). The predicted octanol–water partition coefficient (Wildman–Crippen LogP) is 1.90. The van der Waals surface area contributed by atoms with Crippen LogP contribution in [0.1, 0.15) is 12.5 Å². The van der Waals surface area contributed by atoms with Crippen LogP contribution >= 0.6 is 0 Å². The summed E-state index contributed by atoms with van der Waals surface area (Å²) in [7, 11) is 1.86. The van der Waals surface area contributed by atoms with Gasteiger partial charge >= 0.3 is 0 Å². The summed E-state index contributed by atoms with van der Waals surface area (Å²) in [5.41, 5.74) is 3.12. The van der Waals surface area contributed by atoms with E-state index in [0.29, 0.717) is 6.42 Å². The highest BCUT2D eigenvalue weighted by Crippen LogP contribution is 2.20. The summed E-state index contributed by atoms with van der Waals surface area (Å²) in [6.07, 6.45) is 1.38. The fourth-order valence-corrected chi connectivity index (χ4v) is 1.39. The van der Waals surface area contributed by atoms with Gasteiger partial charge in [-0.25, -0.2) is 0 Å². The number of nitrogens with one attached hydrogen (secondary N) is 2. The number of benzene rings is 1. The maximum atomic E-state index is 10.4. The SMILES string of the molecule is CCNc1ccc(CC=O)c(NC)c1. The van der Waals surface area contributed by atoms with Crippen molar-refractivity contribution in [2.45, 2.75) is 13.3 Å². The van der Waals surface area contributed by atoms with E-state index in [1.54, 1.807) is 0 Å². The number of hydrogen-bond acceptors (Lipinski definition) is 3. The number of anilines is 2. The lowest BCUT2D eigenvalue weighted by atomic mass is 10.1. The molecular weight excluding hydrogens is 176 g/mol. The summed E-state index contributed by atoms with van der Waals surface area (Å²) in [5, 5.41) is 6.30. The van der Waals surface area contributed by atoms with Crippen LogP contribution < -0.4 is 10.6 Å². The molecular formula is C11H16N2O. The molecule has 3 nitrogen and oxygen atoms in total. The van der Waals surface area contributed by atoms with Crippen LogP contribution in [0, 0.1) is 0 Å². The second-order valence-electron chi connectivity index (χ2n) is 3.02. The van der Waals surface area contributed by atoms with Gasteiger partial charge in [-0.15, -0.1) is 0 Å². The van der Waals surface area contributed by atoms with E-state index in [-0.39, 0.29) is 0 Å². The molecule has 0 saturated heterocycles. The number of rotatable bonds is 5. The Bertz CT molecular complexity index is 310. The first kappa shape index (κ1) is 10.6. The van der Waals surface area contributed by atoms with Gasteiger partial charge < -0.3 is 15.4 Å². The minimum absolute atomic E-state index is 0.461. The molecule has 0 heterocycles. The van der Waals surface area contributed by atoms with E-state index in [4.69, 9.17) is 0 Å². The summed E-state index contributed by atoms with van der Waals surface area (Å²) in [4.78, 5) is 10.4. The van der Waals surface area contributed by atoms with Crippen molar-refractivity contribution >= 4 is 17.7 Å². The van der Waals surface area contributed by atoms with Crippen molar-refractivity contribution in [2.24, 2.45) is 0 Å². The van der Waals surface area contributed by atoms with E-state index >= 15 is 0 Å². The molecule has 1 aromatic rings. The van der Waals surface area contributed by atoms with Gasteiger partial charge in [-0.2, -0.15) is 0 Å². The first-order valence-electron chi connectivity index (χ1n) is 4.80. The molecule has 0 spiro atoms. The highest BCUT2D eigenvalue weighted by molar-refractivity contribution is 5.67. The van der Waals surface area contributed by atoms with E-state index in [9.17, 15) is 4.79 Å². The predicted molar refractivity (Wildman–Crippen MR) is 59.9 cm³/mol. The Hall–Kier alpha value is -1.51. The zero-order chi connectivity index (χ0) is 10.4. The highest BCUT2D eigenvalue weighted by atomic mass is 16.1. The first-order chi connectivity index (χ1) is 6.81. The summed E-state index contributed by atoms with van der Waals surface area (Å²) < 4.78 is 0. The molecule has 3 heteroatoms. The van der Waals surface area contributed by atoms with Crippen LogP contribution in [-0.2, 0) is 11.2 Å². The van der Waals surface area contributed by atoms with Gasteiger partial charge in [0.15, 0.2) is 0 Å². The van der Waals surface area contributed by atoms with Crippen molar-refractivity contribution in [2.75, 3.05) is 24.2 Å². The minimum atomic E-state index is 0.461. The second kappa shape index (κ2) is 5.27. The Balaban J connectivity index is 2.92. The van der Waals surface area contributed by atoms with Crippen LogP contribution in [0.2, 0.25) is 0 Å². The second-order valence-corrected chi connectivity index (χ2v) is 3.02. The van der Waals surface area contributed by atoms with Gasteiger partial charge in [0.1, 0.15) is 6.29 Å². The summed E-state index contributed by atoms with van der Waals surface area (Å²) in [5.74, 6) is 0. The smallest absolute Gasteiger partial charge is 0.124 e. The zero-order valence-corrected chi connectivity index (χ0v) is 8.63. The number of aldehydes is 1. The Kier molecular flexibility index (Phi) is 3.98. The van der Waals surface area contributed by atoms with E-state index < -0.39 is 0 Å². The average Bonchev–Trinajstić information content (AvgIpc) is 2.21. The van der Waals surface area contributed by atoms with Crippen LogP contribution in [0.5, 0.6) is 0 Å². The molecule has 0 atom stereocenters. The van der Waals surface area contributed by atoms with E-state index in [2.05, 4.69) is 17.6 Å². The van der Waals surface area contributed by atoms with Crippen molar-refractivity contribution in [3.8, 4) is 0 Å². The number of carbonyl (C=O) groups excluding carboxylic acids is 1. The average molecular weight is 192 g/mol. The third-order valence-corrected chi connectivity index (χ3v) is 2.06. The quantitative estimate of drug-likeness (QED) is 0.700. The van der Waals surface area contributed by atoms with Crippen LogP contribution in [0.3, 0.4) is 0 Å². The van der Waals surface area contributed by atoms with Gasteiger partial charge in [0.25, 0.3) is 0 Å². The minimum Gasteiger partial charge on any atom is -0.388 e. The van der Waals surface area contributed by atoms with Gasteiger partial charge in [-0.3, -0.25) is 0 Å². The Labute approximate surface area is 84.5 Å². The molecule has 0 aliphatic carbocycles. The molecule has 0 bridgehead atoms. The summed E-state index contributed by atoms with van der Waals surface area (Å²) in [6.45, 7) is 2.95. The van der Waals surface area contributed by atoms with Crippen molar-refractivity contribution in [1.82, 2.24) is 0 Å². The molecule has 2 N–H and O–H groups in total. The number of carbonyl (C=O) groups is 1. The standard InChI is InChI=1S/C11H16N2O/c1-3-13-10-5-4-9(6-7-14)11(8-10)12-2/h4-5,7-8,12-13H,3,6H2,1-2H3. The fourth-order valence-electron chi connectivity index (χ4n) is 1.39. The third-order valence-electron chi connectivity index (χ3n) is 2.06. The van der Waals surface area contributed by atoms with Gasteiger partial charge in [-0.05, 0) is 24.6 Å². The van der Waals surface area contributed by atoms with Gasteiger partial charge in [0, 0.05) is 31.4 Å². The van der Waals surface area contributed by atoms with E-state index in [1.807, 2.05) is 25.2 Å². The molecule has 0 unspecified atom stereocenters. The fraction of sp³-hybridized carbons (Fsp3) is 0.364. The Morgan fingerprint density at radius 1 is 1.43 bits per heavy atom. The summed E-state index contributed by atoms with van der Waals surface area (Å²) in [6, 6.07) is 5.98. The largest absolute Gasteiger partial charge is 0.388 e.